The molecule has 4 rings (SSSR count). The third-order valence-electron chi connectivity index (χ3n) is 5.83. The van der Waals surface area contributed by atoms with Gasteiger partial charge in [0.25, 0.3) is 0 Å². The predicted octanol–water partition coefficient (Wildman–Crippen LogP) is 4.12. The van der Waals surface area contributed by atoms with Gasteiger partial charge in [0.15, 0.2) is 0 Å². The lowest BCUT2D eigenvalue weighted by molar-refractivity contribution is 0.271. The summed E-state index contributed by atoms with van der Waals surface area (Å²) < 4.78 is 0. The molecule has 0 aliphatic carbocycles. The monoisotopic (exact) mass is 390 g/mol. The van der Waals surface area contributed by atoms with Gasteiger partial charge < -0.3 is 20.0 Å². The summed E-state index contributed by atoms with van der Waals surface area (Å²) in [4.78, 5) is 16.3. The third kappa shape index (κ3) is 3.98. The van der Waals surface area contributed by atoms with Crippen LogP contribution in [0.5, 0.6) is 0 Å². The van der Waals surface area contributed by atoms with E-state index in [2.05, 4.69) is 82.7 Å². The average molecular weight is 391 g/mol. The topological polar surface area (TPSA) is 47.5 Å². The van der Waals surface area contributed by atoms with Gasteiger partial charge in [-0.1, -0.05) is 13.5 Å². The van der Waals surface area contributed by atoms with Crippen molar-refractivity contribution in [2.75, 3.05) is 54.4 Å². The number of aromatic nitrogens is 2. The van der Waals surface area contributed by atoms with E-state index in [1.54, 1.807) is 0 Å². The van der Waals surface area contributed by atoms with E-state index in [9.17, 15) is 0 Å². The molecule has 2 aliphatic rings. The predicted molar refractivity (Wildman–Crippen MR) is 122 cm³/mol. The van der Waals surface area contributed by atoms with Crippen molar-refractivity contribution in [2.45, 2.75) is 20.8 Å². The number of hydrogen-bond acceptors (Lipinski definition) is 6. The molecule has 0 bridgehead atoms. The molecule has 2 aromatic rings. The molecule has 6 nitrogen and oxygen atoms in total. The first kappa shape index (κ1) is 19.5. The highest BCUT2D eigenvalue weighted by molar-refractivity contribution is 5.76. The first-order valence-corrected chi connectivity index (χ1v) is 10.5. The smallest absolute Gasteiger partial charge is 0.229 e. The fourth-order valence-electron chi connectivity index (χ4n) is 3.97. The van der Waals surface area contributed by atoms with Crippen LogP contribution in [-0.2, 0) is 0 Å². The summed E-state index contributed by atoms with van der Waals surface area (Å²) in [5.41, 5.74) is 5.44. The van der Waals surface area contributed by atoms with Crippen molar-refractivity contribution in [2.24, 2.45) is 0 Å². The van der Waals surface area contributed by atoms with Crippen LogP contribution in [0.15, 0.2) is 48.3 Å². The quantitative estimate of drug-likeness (QED) is 0.829. The number of rotatable bonds is 5. The van der Waals surface area contributed by atoms with E-state index >= 15 is 0 Å². The van der Waals surface area contributed by atoms with Gasteiger partial charge in [0, 0.05) is 61.6 Å². The molecule has 1 aromatic heterocycles. The second-order valence-electron chi connectivity index (χ2n) is 7.58. The SMILES string of the molecule is C=C1C(C)=Cc2cnc(Nc3ccc(N4CCN(CC)CC4)cc3)nc2N1CC. The number of hydrogen-bond donors (Lipinski definition) is 1. The van der Waals surface area contributed by atoms with Gasteiger partial charge in [-0.05, 0) is 56.3 Å². The molecule has 0 amide bonds. The van der Waals surface area contributed by atoms with Crippen LogP contribution in [-0.4, -0.2) is 54.1 Å². The molecule has 1 aromatic carbocycles. The first-order chi connectivity index (χ1) is 14.1. The van der Waals surface area contributed by atoms with Crippen LogP contribution >= 0.6 is 0 Å². The molecular formula is C23H30N6. The Hall–Kier alpha value is -2.86. The van der Waals surface area contributed by atoms with Gasteiger partial charge >= 0.3 is 0 Å². The summed E-state index contributed by atoms with van der Waals surface area (Å²) in [7, 11) is 0. The van der Waals surface area contributed by atoms with Crippen molar-refractivity contribution in [3.05, 3.63) is 53.9 Å². The summed E-state index contributed by atoms with van der Waals surface area (Å²) in [6.07, 6.45) is 3.98. The fraction of sp³-hybridized carbons (Fsp3) is 0.391. The molecule has 0 saturated carbocycles. The highest BCUT2D eigenvalue weighted by Crippen LogP contribution is 2.33. The fourth-order valence-corrected chi connectivity index (χ4v) is 3.97. The van der Waals surface area contributed by atoms with Crippen molar-refractivity contribution in [1.29, 1.82) is 0 Å². The van der Waals surface area contributed by atoms with Crippen LogP contribution < -0.4 is 15.1 Å². The van der Waals surface area contributed by atoms with E-state index in [0.29, 0.717) is 5.95 Å². The van der Waals surface area contributed by atoms with Gasteiger partial charge in [-0.25, -0.2) is 4.98 Å². The maximum atomic E-state index is 4.76. The lowest BCUT2D eigenvalue weighted by Gasteiger charge is -2.35. The minimum absolute atomic E-state index is 0.604. The number of fused-ring (bicyclic) bond motifs is 1. The van der Waals surface area contributed by atoms with E-state index in [1.165, 1.54) is 5.69 Å². The summed E-state index contributed by atoms with van der Waals surface area (Å²) in [6, 6.07) is 8.55. The summed E-state index contributed by atoms with van der Waals surface area (Å²) in [5.74, 6) is 1.51. The zero-order valence-corrected chi connectivity index (χ0v) is 17.6. The molecule has 3 heterocycles. The van der Waals surface area contributed by atoms with Crippen molar-refractivity contribution < 1.29 is 0 Å². The van der Waals surface area contributed by atoms with Crippen LogP contribution in [0.25, 0.3) is 6.08 Å². The van der Waals surface area contributed by atoms with E-state index < -0.39 is 0 Å². The van der Waals surface area contributed by atoms with E-state index in [-0.39, 0.29) is 0 Å². The van der Waals surface area contributed by atoms with Gasteiger partial charge in [-0.15, -0.1) is 0 Å². The Labute approximate surface area is 173 Å². The normalized spacial score (nSPS) is 17.2. The molecule has 0 spiro atoms. The molecule has 0 unspecified atom stereocenters. The number of nitrogens with zero attached hydrogens (tertiary/aromatic N) is 5. The van der Waals surface area contributed by atoms with Crippen molar-refractivity contribution >= 4 is 29.2 Å². The third-order valence-corrected chi connectivity index (χ3v) is 5.83. The number of allylic oxidation sites excluding steroid dienone is 1. The molecule has 0 atom stereocenters. The molecule has 1 N–H and O–H groups in total. The maximum absolute atomic E-state index is 4.76. The summed E-state index contributed by atoms with van der Waals surface area (Å²) >= 11 is 0. The largest absolute Gasteiger partial charge is 0.369 e. The number of benzene rings is 1. The number of anilines is 4. The van der Waals surface area contributed by atoms with E-state index in [1.807, 2.05) is 6.20 Å². The molecular weight excluding hydrogens is 360 g/mol. The van der Waals surface area contributed by atoms with Crippen LogP contribution in [0.4, 0.5) is 23.1 Å². The number of piperazine rings is 1. The van der Waals surface area contributed by atoms with Crippen molar-refractivity contribution in [1.82, 2.24) is 14.9 Å². The van der Waals surface area contributed by atoms with Gasteiger partial charge in [0.2, 0.25) is 5.95 Å². The first-order valence-electron chi connectivity index (χ1n) is 10.5. The Bertz CT molecular complexity index is 909. The molecule has 1 fully saturated rings. The van der Waals surface area contributed by atoms with E-state index in [4.69, 9.17) is 4.98 Å². The number of likely N-dealkylation sites (N-methyl/N-ethyl adjacent to an activating group) is 2. The van der Waals surface area contributed by atoms with Crippen molar-refractivity contribution in [3.63, 3.8) is 0 Å². The highest BCUT2D eigenvalue weighted by Gasteiger charge is 2.21. The summed E-state index contributed by atoms with van der Waals surface area (Å²) in [6.45, 7) is 17.0. The molecule has 6 heteroatoms. The standard InChI is InChI=1S/C23H30N6/c1-5-27-11-13-28(14-12-27)21-9-7-20(8-10-21)25-23-24-16-19-15-17(3)18(4)29(6-2)22(19)26-23/h7-10,15-16H,4-6,11-14H2,1-3H3,(H,24,25,26). The van der Waals surface area contributed by atoms with Crippen LogP contribution in [0, 0.1) is 0 Å². The Morgan fingerprint density at radius 2 is 1.76 bits per heavy atom. The highest BCUT2D eigenvalue weighted by atomic mass is 15.3. The van der Waals surface area contributed by atoms with Crippen LogP contribution in [0.3, 0.4) is 0 Å². The second-order valence-corrected chi connectivity index (χ2v) is 7.58. The maximum Gasteiger partial charge on any atom is 0.229 e. The van der Waals surface area contributed by atoms with Crippen molar-refractivity contribution in [3.8, 4) is 0 Å². The average Bonchev–Trinajstić information content (AvgIpc) is 2.76. The van der Waals surface area contributed by atoms with Crippen LogP contribution in [0.1, 0.15) is 26.3 Å². The lowest BCUT2D eigenvalue weighted by Crippen LogP contribution is -2.46. The minimum atomic E-state index is 0.604. The Morgan fingerprint density at radius 3 is 2.41 bits per heavy atom. The Kier molecular flexibility index (Phi) is 5.53. The van der Waals surface area contributed by atoms with Gasteiger partial charge in [0.1, 0.15) is 5.82 Å². The number of nitrogens with one attached hydrogen (secondary N) is 1. The summed E-state index contributed by atoms with van der Waals surface area (Å²) in [5, 5.41) is 3.35. The van der Waals surface area contributed by atoms with E-state index in [0.717, 1.165) is 67.6 Å². The van der Waals surface area contributed by atoms with Gasteiger partial charge in [-0.2, -0.15) is 4.98 Å². The second kappa shape index (κ2) is 8.25. The molecule has 0 radical (unpaired) electrons. The molecule has 29 heavy (non-hydrogen) atoms. The Morgan fingerprint density at radius 1 is 1.03 bits per heavy atom. The zero-order chi connectivity index (χ0) is 20.4. The molecule has 152 valence electrons. The van der Waals surface area contributed by atoms with Gasteiger partial charge in [0.05, 0.1) is 0 Å². The Balaban J connectivity index is 1.48. The van der Waals surface area contributed by atoms with Gasteiger partial charge in [-0.3, -0.25) is 0 Å². The lowest BCUT2D eigenvalue weighted by atomic mass is 10.1. The molecule has 2 aliphatic heterocycles. The minimum Gasteiger partial charge on any atom is -0.369 e. The van der Waals surface area contributed by atoms with Crippen LogP contribution in [0.2, 0.25) is 0 Å². The zero-order valence-electron chi connectivity index (χ0n) is 17.6. The molecule has 1 saturated heterocycles.